The Hall–Kier alpha value is -3.18. The lowest BCUT2D eigenvalue weighted by atomic mass is 10.1. The van der Waals surface area contributed by atoms with Crippen LogP contribution in [0.2, 0.25) is 0 Å². The number of nitrogens with zero attached hydrogens (tertiary/aromatic N) is 6. The third kappa shape index (κ3) is 2.96. The Kier molecular flexibility index (Phi) is 4.38. The van der Waals surface area contributed by atoms with E-state index in [1.807, 2.05) is 18.2 Å². The van der Waals surface area contributed by atoms with Crippen LogP contribution in [0.15, 0.2) is 35.4 Å². The Morgan fingerprint density at radius 3 is 2.93 bits per heavy atom. The minimum absolute atomic E-state index is 0.0561. The molecule has 4 rings (SSSR count). The fraction of sp³-hybridized carbons (Fsp3) is 0.368. The Morgan fingerprint density at radius 1 is 1.33 bits per heavy atom. The van der Waals surface area contributed by atoms with Crippen LogP contribution in [0, 0.1) is 11.3 Å². The van der Waals surface area contributed by atoms with Crippen molar-refractivity contribution in [2.45, 2.75) is 25.4 Å². The number of fused-ring (bicyclic) bond motifs is 1. The standard InChI is InChI=1S/C19H21N7O/c1-24-17-16(22-12-23-17)18(25-8-4-7-15(21)11-25)26(19(24)27)10-14-6-3-2-5-13(14)9-20/h2-3,5-6,12,15H,4,7-8,10-11,21H2,1H3/t15-/m1/s1. The molecule has 0 saturated carbocycles. The van der Waals surface area contributed by atoms with E-state index in [1.165, 1.54) is 10.9 Å². The zero-order valence-corrected chi connectivity index (χ0v) is 15.2. The molecule has 3 aliphatic rings. The molecule has 1 aromatic rings. The van der Waals surface area contributed by atoms with Crippen LogP contribution < -0.4 is 16.3 Å². The molecule has 0 spiro atoms. The van der Waals surface area contributed by atoms with Gasteiger partial charge in [0, 0.05) is 26.2 Å². The van der Waals surface area contributed by atoms with Crippen molar-refractivity contribution in [2.75, 3.05) is 18.0 Å². The van der Waals surface area contributed by atoms with Crippen LogP contribution in [0.4, 0.5) is 5.82 Å². The molecule has 3 aliphatic heterocycles. The van der Waals surface area contributed by atoms with E-state index in [4.69, 9.17) is 5.73 Å². The molecule has 0 amide bonds. The molecular formula is C19H21N7O. The molecule has 138 valence electrons. The second-order valence-corrected chi connectivity index (χ2v) is 6.91. The highest BCUT2D eigenvalue weighted by Gasteiger charge is 2.28. The van der Waals surface area contributed by atoms with Crippen LogP contribution in [-0.4, -0.2) is 38.2 Å². The van der Waals surface area contributed by atoms with Crippen molar-refractivity contribution in [3.63, 3.8) is 0 Å². The van der Waals surface area contributed by atoms with Crippen LogP contribution >= 0.6 is 0 Å². The van der Waals surface area contributed by atoms with Gasteiger partial charge < -0.3 is 10.6 Å². The van der Waals surface area contributed by atoms with Gasteiger partial charge in [-0.2, -0.15) is 5.26 Å². The Bertz CT molecular complexity index is 1040. The average molecular weight is 363 g/mol. The number of anilines is 1. The predicted octanol–water partition coefficient (Wildman–Crippen LogP) is 0.929. The van der Waals surface area contributed by atoms with Gasteiger partial charge in [-0.05, 0) is 24.5 Å². The summed E-state index contributed by atoms with van der Waals surface area (Å²) in [5, 5.41) is 9.42. The van der Waals surface area contributed by atoms with Crippen molar-refractivity contribution in [3.05, 3.63) is 52.2 Å². The van der Waals surface area contributed by atoms with Gasteiger partial charge in [0.2, 0.25) is 0 Å². The fourth-order valence-electron chi connectivity index (χ4n) is 3.76. The Balaban J connectivity index is 1.92. The van der Waals surface area contributed by atoms with E-state index >= 15 is 0 Å². The van der Waals surface area contributed by atoms with Gasteiger partial charge in [-0.3, -0.25) is 9.13 Å². The summed E-state index contributed by atoms with van der Waals surface area (Å²) in [6, 6.07) is 9.59. The zero-order valence-electron chi connectivity index (χ0n) is 15.2. The summed E-state index contributed by atoms with van der Waals surface area (Å²) in [5.74, 6) is 1.28. The number of hydrogen-bond acceptors (Lipinski definition) is 6. The first-order valence-electron chi connectivity index (χ1n) is 8.99. The highest BCUT2D eigenvalue weighted by atomic mass is 16.1. The lowest BCUT2D eigenvalue weighted by molar-refractivity contribution is 0.492. The van der Waals surface area contributed by atoms with Gasteiger partial charge in [-0.1, -0.05) is 18.2 Å². The van der Waals surface area contributed by atoms with Crippen LogP contribution in [0.3, 0.4) is 0 Å². The third-order valence-corrected chi connectivity index (χ3v) is 5.11. The van der Waals surface area contributed by atoms with Crippen LogP contribution in [-0.2, 0) is 13.6 Å². The summed E-state index contributed by atoms with van der Waals surface area (Å²) < 4.78 is 3.19. The number of rotatable bonds is 3. The smallest absolute Gasteiger partial charge is 0.331 e. The van der Waals surface area contributed by atoms with Crippen molar-refractivity contribution in [1.29, 1.82) is 5.26 Å². The van der Waals surface area contributed by atoms with E-state index in [1.54, 1.807) is 17.7 Å². The van der Waals surface area contributed by atoms with Crippen LogP contribution in [0.1, 0.15) is 24.0 Å². The largest absolute Gasteiger partial charge is 0.354 e. The van der Waals surface area contributed by atoms with Gasteiger partial charge in [0.25, 0.3) is 0 Å². The highest BCUT2D eigenvalue weighted by Crippen LogP contribution is 2.30. The van der Waals surface area contributed by atoms with E-state index in [0.717, 1.165) is 30.8 Å². The van der Waals surface area contributed by atoms with Gasteiger partial charge in [-0.15, -0.1) is 0 Å². The Labute approximate surface area is 156 Å². The molecule has 2 N–H and O–H groups in total. The minimum Gasteiger partial charge on any atom is -0.354 e. The minimum atomic E-state index is -0.190. The fourth-order valence-corrected chi connectivity index (χ4v) is 3.76. The van der Waals surface area contributed by atoms with Crippen molar-refractivity contribution in [2.24, 2.45) is 12.8 Å². The molecule has 1 atom stereocenters. The lowest BCUT2D eigenvalue weighted by Crippen LogP contribution is -2.46. The number of imidazole rings is 1. The highest BCUT2D eigenvalue weighted by molar-refractivity contribution is 5.69. The molecule has 0 radical (unpaired) electrons. The quantitative estimate of drug-likeness (QED) is 0.742. The second-order valence-electron chi connectivity index (χ2n) is 6.91. The zero-order chi connectivity index (χ0) is 19.0. The molecule has 0 unspecified atom stereocenters. The maximum atomic E-state index is 13.1. The van der Waals surface area contributed by atoms with Crippen molar-refractivity contribution in [1.82, 2.24) is 19.1 Å². The van der Waals surface area contributed by atoms with Gasteiger partial charge >= 0.3 is 5.69 Å². The van der Waals surface area contributed by atoms with Crippen LogP contribution in [0.5, 0.6) is 0 Å². The number of nitrogens with two attached hydrogens (primary N) is 1. The second kappa shape index (κ2) is 6.85. The molecule has 8 nitrogen and oxygen atoms in total. The lowest BCUT2D eigenvalue weighted by Gasteiger charge is -2.35. The summed E-state index contributed by atoms with van der Waals surface area (Å²) in [6.07, 6.45) is 3.40. The van der Waals surface area contributed by atoms with E-state index < -0.39 is 0 Å². The normalized spacial score (nSPS) is 17.2. The van der Waals surface area contributed by atoms with E-state index in [-0.39, 0.29) is 11.7 Å². The SMILES string of the molecule is Cn1c2ncnc-2c(N2CCC[C@@H](N)C2)n(Cc2ccccc2C#N)c1=O. The topological polar surface area (TPSA) is 106 Å². The average Bonchev–Trinajstić information content (AvgIpc) is 3.16. The van der Waals surface area contributed by atoms with Gasteiger partial charge in [-0.25, -0.2) is 14.8 Å². The molecule has 0 aliphatic carbocycles. The van der Waals surface area contributed by atoms with Gasteiger partial charge in [0.1, 0.15) is 17.8 Å². The van der Waals surface area contributed by atoms with E-state index in [2.05, 4.69) is 20.9 Å². The molecule has 0 aromatic heterocycles. The molecule has 8 heteroatoms. The monoisotopic (exact) mass is 363 g/mol. The van der Waals surface area contributed by atoms with Gasteiger partial charge in [0.15, 0.2) is 5.82 Å². The third-order valence-electron chi connectivity index (χ3n) is 5.11. The number of piperidine rings is 1. The molecule has 27 heavy (non-hydrogen) atoms. The summed E-state index contributed by atoms with van der Waals surface area (Å²) >= 11 is 0. The summed E-state index contributed by atoms with van der Waals surface area (Å²) in [7, 11) is 1.69. The Morgan fingerprint density at radius 2 is 2.15 bits per heavy atom. The van der Waals surface area contributed by atoms with Crippen molar-refractivity contribution in [3.8, 4) is 17.6 Å². The first-order chi connectivity index (χ1) is 13.1. The number of nitriles is 1. The summed E-state index contributed by atoms with van der Waals surface area (Å²) in [5.41, 5.74) is 8.03. The summed E-state index contributed by atoms with van der Waals surface area (Å²) in [6.45, 7) is 1.76. The number of aromatic nitrogens is 4. The molecular weight excluding hydrogens is 342 g/mol. The van der Waals surface area contributed by atoms with E-state index in [9.17, 15) is 10.1 Å². The van der Waals surface area contributed by atoms with Crippen molar-refractivity contribution < 1.29 is 0 Å². The molecule has 1 saturated heterocycles. The number of benzene rings is 1. The summed E-state index contributed by atoms with van der Waals surface area (Å²) in [4.78, 5) is 24.0. The molecule has 1 aromatic carbocycles. The molecule has 3 heterocycles. The van der Waals surface area contributed by atoms with Crippen LogP contribution in [0.25, 0.3) is 11.5 Å². The van der Waals surface area contributed by atoms with Crippen molar-refractivity contribution >= 4 is 5.82 Å². The maximum Gasteiger partial charge on any atom is 0.331 e. The van der Waals surface area contributed by atoms with E-state index in [0.29, 0.717) is 30.2 Å². The maximum absolute atomic E-state index is 13.1. The predicted molar refractivity (Wildman–Crippen MR) is 102 cm³/mol. The first kappa shape index (κ1) is 17.2. The number of hydrogen-bond donors (Lipinski definition) is 1. The molecule has 1 fully saturated rings. The first-order valence-corrected chi connectivity index (χ1v) is 8.99. The molecule has 0 bridgehead atoms. The van der Waals surface area contributed by atoms with Gasteiger partial charge in [0.05, 0.1) is 18.2 Å².